The van der Waals surface area contributed by atoms with Crippen molar-refractivity contribution in [3.8, 4) is 34.4 Å². The molecule has 0 aliphatic heterocycles. The number of carbonyl (C=O) groups excluding carboxylic acids is 1. The molecule has 0 saturated heterocycles. The third-order valence-electron chi connectivity index (χ3n) is 11.3. The van der Waals surface area contributed by atoms with Gasteiger partial charge in [-0.1, -0.05) is 12.1 Å². The van der Waals surface area contributed by atoms with E-state index in [4.69, 9.17) is 10.8 Å². The lowest BCUT2D eigenvalue weighted by Crippen LogP contribution is -2.16. The number of carbonyl (C=O) groups is 2. The predicted octanol–water partition coefficient (Wildman–Crippen LogP) is 9.08. The van der Waals surface area contributed by atoms with Gasteiger partial charge in [-0.3, -0.25) is 4.79 Å². The van der Waals surface area contributed by atoms with Crippen LogP contribution in [-0.2, 0) is 0 Å². The summed E-state index contributed by atoms with van der Waals surface area (Å²) in [5, 5.41) is 27.7. The van der Waals surface area contributed by atoms with Gasteiger partial charge in [0.1, 0.15) is 47.3 Å². The number of hydrogen-bond donors (Lipinski definition) is 3. The van der Waals surface area contributed by atoms with Crippen LogP contribution in [0.15, 0.2) is 98.4 Å². The second-order valence-electron chi connectivity index (χ2n) is 17.1. The number of hydrogen-bond acceptors (Lipinski definition) is 11. The zero-order chi connectivity index (χ0) is 47.5. The Morgan fingerprint density at radius 3 is 1.64 bits per heavy atom. The van der Waals surface area contributed by atoms with Crippen LogP contribution in [-0.4, -0.2) is 75.6 Å². The molecule has 2 fully saturated rings. The Bertz CT molecular complexity index is 3070. The van der Waals surface area contributed by atoms with Gasteiger partial charge in [-0.05, 0) is 127 Å². The maximum Gasteiger partial charge on any atom is 0.338 e. The standard InChI is InChI=1S/C24H24FN7O.C14H13FN2O2.C10H13N5/c1-14(2)32-13-27-30-23(32)19-5-4-6-22(28-19)29-24(33)17-10-21(15(3)9-18(17)25)31-11-20(26-12-31)16-7-8-16;1-8-4-11(15)10(14(18)19)5-13(8)17-6-12(16-7-17)9-2-3-9;1-7(2)15-6-12-14-10(15)8-4-3-5-9(11)13-8/h4-6,9-14,16H,7-8H2,1-3H3,(H,28,29,33);4-7,9H,2-3H2,1H3,(H,18,19);3-7H,1-2H3,(H2,11,13). The number of anilines is 2. The number of nitrogens with two attached hydrogens (primary N) is 1. The Morgan fingerprint density at radius 1 is 0.687 bits per heavy atom. The van der Waals surface area contributed by atoms with E-state index in [1.165, 1.54) is 18.2 Å². The van der Waals surface area contributed by atoms with Crippen LogP contribution in [0.25, 0.3) is 34.4 Å². The fourth-order valence-electron chi connectivity index (χ4n) is 7.33. The van der Waals surface area contributed by atoms with Crippen LogP contribution in [0.2, 0.25) is 0 Å². The van der Waals surface area contributed by atoms with E-state index in [0.29, 0.717) is 58.0 Å². The lowest BCUT2D eigenvalue weighted by atomic mass is 10.1. The van der Waals surface area contributed by atoms with Crippen molar-refractivity contribution >= 4 is 23.5 Å². The molecule has 0 atom stereocenters. The molecule has 6 heterocycles. The molecule has 0 bridgehead atoms. The zero-order valence-corrected chi connectivity index (χ0v) is 37.8. The minimum Gasteiger partial charge on any atom is -0.478 e. The first-order chi connectivity index (χ1) is 32.1. The Labute approximate surface area is 384 Å². The first-order valence-corrected chi connectivity index (χ1v) is 21.9. The molecule has 2 aliphatic rings. The van der Waals surface area contributed by atoms with E-state index in [2.05, 4.69) is 59.5 Å². The molecule has 2 aromatic carbocycles. The first-order valence-electron chi connectivity index (χ1n) is 21.9. The number of amides is 1. The third kappa shape index (κ3) is 10.5. The zero-order valence-electron chi connectivity index (χ0n) is 37.8. The Kier molecular flexibility index (Phi) is 13.1. The number of nitrogens with one attached hydrogen (secondary N) is 1. The fourth-order valence-corrected chi connectivity index (χ4v) is 7.33. The van der Waals surface area contributed by atoms with Gasteiger partial charge < -0.3 is 34.4 Å². The number of imidazole rings is 2. The molecule has 1 amide bonds. The molecule has 344 valence electrons. The monoisotopic (exact) mass is 908 g/mol. The molecule has 2 aliphatic carbocycles. The fraction of sp³-hybridized carbons (Fsp3) is 0.292. The topological polar surface area (TPSA) is 215 Å². The van der Waals surface area contributed by atoms with Gasteiger partial charge in [-0.25, -0.2) is 33.5 Å². The molecule has 2 saturated carbocycles. The number of aryl methyl sites for hydroxylation is 2. The summed E-state index contributed by atoms with van der Waals surface area (Å²) in [5.41, 5.74) is 11.4. The van der Waals surface area contributed by atoms with Crippen LogP contribution in [0.4, 0.5) is 20.4 Å². The molecule has 0 radical (unpaired) electrons. The summed E-state index contributed by atoms with van der Waals surface area (Å²) in [6.07, 6.45) is 15.1. The number of halogens is 2. The molecule has 10 rings (SSSR count). The normalized spacial score (nSPS) is 13.2. The number of carboxylic acid groups (broad SMARTS) is 1. The summed E-state index contributed by atoms with van der Waals surface area (Å²) in [6, 6.07) is 16.7. The Hall–Kier alpha value is -7.96. The van der Waals surface area contributed by atoms with Crippen molar-refractivity contribution in [2.75, 3.05) is 11.1 Å². The second kappa shape index (κ2) is 19.3. The molecule has 0 spiro atoms. The lowest BCUT2D eigenvalue weighted by molar-refractivity contribution is 0.0691. The van der Waals surface area contributed by atoms with Crippen molar-refractivity contribution in [3.63, 3.8) is 0 Å². The van der Waals surface area contributed by atoms with Crippen LogP contribution in [0, 0.1) is 25.5 Å². The second-order valence-corrected chi connectivity index (χ2v) is 17.1. The summed E-state index contributed by atoms with van der Waals surface area (Å²) in [5.74, 6) is 0.0296. The van der Waals surface area contributed by atoms with E-state index in [1.54, 1.807) is 67.1 Å². The van der Waals surface area contributed by atoms with E-state index >= 15 is 0 Å². The first kappa shape index (κ1) is 45.6. The van der Waals surface area contributed by atoms with Crippen LogP contribution in [0.3, 0.4) is 0 Å². The maximum absolute atomic E-state index is 14.8. The van der Waals surface area contributed by atoms with Crippen LogP contribution >= 0.6 is 0 Å². The summed E-state index contributed by atoms with van der Waals surface area (Å²) in [7, 11) is 0. The number of benzene rings is 2. The highest BCUT2D eigenvalue weighted by molar-refractivity contribution is 6.04. The summed E-state index contributed by atoms with van der Waals surface area (Å²) >= 11 is 0. The largest absolute Gasteiger partial charge is 0.478 e. The summed E-state index contributed by atoms with van der Waals surface area (Å²) in [4.78, 5) is 41.4. The number of nitrogen functional groups attached to an aromatic ring is 1. The van der Waals surface area contributed by atoms with E-state index in [0.717, 1.165) is 54.2 Å². The van der Waals surface area contributed by atoms with Crippen molar-refractivity contribution < 1.29 is 23.5 Å². The SMILES string of the molecule is CC(C)n1cnnc1-c1cccc(N)n1.Cc1cc(F)c(C(=O)Nc2cccc(-c3nncn3C(C)C)n2)cc1-n1cnc(C2CC2)c1.Cc1cc(F)c(C(=O)O)cc1-n1cnc(C2CC2)c1. The Balaban J connectivity index is 0.000000151. The molecule has 4 N–H and O–H groups in total. The molecule has 19 heteroatoms. The summed E-state index contributed by atoms with van der Waals surface area (Å²) < 4.78 is 35.7. The van der Waals surface area contributed by atoms with Crippen LogP contribution < -0.4 is 11.1 Å². The van der Waals surface area contributed by atoms with E-state index in [1.807, 2.05) is 59.0 Å². The number of aromatic carboxylic acids is 1. The minimum absolute atomic E-state index is 0.0603. The number of aromatic nitrogens is 12. The number of pyridine rings is 2. The molecule has 8 aromatic rings. The van der Waals surface area contributed by atoms with Crippen molar-refractivity contribution in [2.45, 2.75) is 91.1 Å². The van der Waals surface area contributed by atoms with Crippen molar-refractivity contribution in [1.82, 2.24) is 58.6 Å². The van der Waals surface area contributed by atoms with Crippen LogP contribution in [0.5, 0.6) is 0 Å². The van der Waals surface area contributed by atoms with Gasteiger partial charge in [0, 0.05) is 36.3 Å². The smallest absolute Gasteiger partial charge is 0.338 e. The van der Waals surface area contributed by atoms with Gasteiger partial charge in [-0.15, -0.1) is 20.4 Å². The highest BCUT2D eigenvalue weighted by Gasteiger charge is 2.27. The number of carboxylic acids is 1. The minimum atomic E-state index is -1.26. The van der Waals surface area contributed by atoms with E-state index in [-0.39, 0.29) is 17.2 Å². The van der Waals surface area contributed by atoms with E-state index in [9.17, 15) is 18.4 Å². The molecular weight excluding hydrogens is 859 g/mol. The van der Waals surface area contributed by atoms with Gasteiger partial charge in [0.2, 0.25) is 0 Å². The Morgan fingerprint density at radius 2 is 1.16 bits per heavy atom. The average Bonchev–Trinajstić information content (AvgIpc) is 4.02. The van der Waals surface area contributed by atoms with Crippen LogP contribution in [0.1, 0.15) is 121 Å². The molecule has 67 heavy (non-hydrogen) atoms. The molecule has 6 aromatic heterocycles. The molecule has 17 nitrogen and oxygen atoms in total. The average molecular weight is 909 g/mol. The van der Waals surface area contributed by atoms with Gasteiger partial charge in [0.15, 0.2) is 11.6 Å². The van der Waals surface area contributed by atoms with Gasteiger partial charge in [-0.2, -0.15) is 0 Å². The van der Waals surface area contributed by atoms with Crippen molar-refractivity contribution in [2.24, 2.45) is 0 Å². The number of rotatable bonds is 11. The predicted molar refractivity (Wildman–Crippen MR) is 247 cm³/mol. The maximum atomic E-state index is 14.8. The van der Waals surface area contributed by atoms with Gasteiger partial charge in [0.25, 0.3) is 5.91 Å². The number of nitrogens with zero attached hydrogens (tertiary/aromatic N) is 12. The van der Waals surface area contributed by atoms with E-state index < -0.39 is 23.5 Å². The van der Waals surface area contributed by atoms with Crippen molar-refractivity contribution in [1.29, 1.82) is 0 Å². The summed E-state index contributed by atoms with van der Waals surface area (Å²) in [6.45, 7) is 11.7. The third-order valence-corrected chi connectivity index (χ3v) is 11.3. The highest BCUT2D eigenvalue weighted by atomic mass is 19.1. The van der Waals surface area contributed by atoms with Crippen molar-refractivity contribution in [3.05, 3.63) is 144 Å². The lowest BCUT2D eigenvalue weighted by Gasteiger charge is -2.12. The van der Waals surface area contributed by atoms with Gasteiger partial charge in [0.05, 0.1) is 46.5 Å². The quantitative estimate of drug-likeness (QED) is 0.111. The van der Waals surface area contributed by atoms with Gasteiger partial charge >= 0.3 is 5.97 Å². The molecule has 0 unspecified atom stereocenters. The molecular formula is C48H50F2N14O3. The highest BCUT2D eigenvalue weighted by Crippen LogP contribution is 2.40.